The molecule has 3 rings (SSSR count). The molecule has 0 spiro atoms. The summed E-state index contributed by atoms with van der Waals surface area (Å²) in [6.07, 6.45) is 0. The normalized spacial score (nSPS) is 15.0. The summed E-state index contributed by atoms with van der Waals surface area (Å²) in [6.45, 7) is 2.09. The predicted molar refractivity (Wildman–Crippen MR) is 97.6 cm³/mol. The minimum atomic E-state index is -4.38. The van der Waals surface area contributed by atoms with Gasteiger partial charge in [0, 0.05) is 42.4 Å². The molecule has 9 heteroatoms. The number of alkyl halides is 3. The summed E-state index contributed by atoms with van der Waals surface area (Å²) in [6, 6.07) is 11.5. The molecular formula is C18H17F4N3OS. The Bertz CT molecular complexity index is 790. The first-order chi connectivity index (χ1) is 12.8. The fraction of sp³-hybridized carbons (Fsp3) is 0.278. The summed E-state index contributed by atoms with van der Waals surface area (Å²) >= 11 is -0.222. The number of nitrogens with zero attached hydrogens (tertiary/aromatic N) is 2. The molecule has 0 unspecified atom stereocenters. The van der Waals surface area contributed by atoms with Gasteiger partial charge in [-0.15, -0.1) is 0 Å². The Balaban J connectivity index is 1.55. The van der Waals surface area contributed by atoms with Gasteiger partial charge in [-0.1, -0.05) is 6.07 Å². The highest BCUT2D eigenvalue weighted by molar-refractivity contribution is 8.00. The Hall–Kier alpha value is -2.42. The Morgan fingerprint density at radius 1 is 1.00 bits per heavy atom. The van der Waals surface area contributed by atoms with Gasteiger partial charge >= 0.3 is 11.5 Å². The van der Waals surface area contributed by atoms with E-state index in [2.05, 4.69) is 5.32 Å². The van der Waals surface area contributed by atoms with E-state index in [1.807, 2.05) is 4.90 Å². The Labute approximate surface area is 158 Å². The van der Waals surface area contributed by atoms with Crippen molar-refractivity contribution in [2.45, 2.75) is 10.4 Å². The van der Waals surface area contributed by atoms with Gasteiger partial charge in [-0.2, -0.15) is 13.2 Å². The second-order valence-electron chi connectivity index (χ2n) is 5.96. The van der Waals surface area contributed by atoms with Crippen molar-refractivity contribution in [3.63, 3.8) is 0 Å². The third kappa shape index (κ3) is 5.53. The molecule has 1 heterocycles. The van der Waals surface area contributed by atoms with Gasteiger partial charge in [0.05, 0.1) is 0 Å². The smallest absolute Gasteiger partial charge is 0.368 e. The van der Waals surface area contributed by atoms with Gasteiger partial charge in [-0.25, -0.2) is 9.18 Å². The molecule has 2 aromatic rings. The molecule has 1 N–H and O–H groups in total. The van der Waals surface area contributed by atoms with Crippen LogP contribution in [0.1, 0.15) is 0 Å². The van der Waals surface area contributed by atoms with E-state index in [0.29, 0.717) is 31.9 Å². The first-order valence-corrected chi connectivity index (χ1v) is 9.04. The average molecular weight is 399 g/mol. The maximum atomic E-state index is 13.0. The molecular weight excluding hydrogens is 382 g/mol. The van der Waals surface area contributed by atoms with Crippen molar-refractivity contribution in [2.75, 3.05) is 36.4 Å². The quantitative estimate of drug-likeness (QED) is 0.595. The molecule has 2 aromatic carbocycles. The lowest BCUT2D eigenvalue weighted by Crippen LogP contribution is -2.50. The van der Waals surface area contributed by atoms with Crippen LogP contribution < -0.4 is 10.2 Å². The molecule has 1 aliphatic heterocycles. The number of benzene rings is 2. The van der Waals surface area contributed by atoms with Crippen molar-refractivity contribution in [2.24, 2.45) is 0 Å². The van der Waals surface area contributed by atoms with Crippen LogP contribution in [0.5, 0.6) is 0 Å². The van der Waals surface area contributed by atoms with Gasteiger partial charge in [0.15, 0.2) is 0 Å². The molecule has 2 amide bonds. The number of carbonyl (C=O) groups is 1. The summed E-state index contributed by atoms with van der Waals surface area (Å²) in [5, 5.41) is 2.64. The standard InChI is InChI=1S/C18H17F4N3OS/c19-13-4-6-15(7-5-13)24-8-10-25(11-9-24)17(26)23-14-2-1-3-16(12-14)27-18(20,21)22/h1-7,12H,8-11H2,(H,23,26). The highest BCUT2D eigenvalue weighted by atomic mass is 32.2. The van der Waals surface area contributed by atoms with Gasteiger partial charge in [0.1, 0.15) is 5.82 Å². The second kappa shape index (κ2) is 8.08. The third-order valence-corrected chi connectivity index (χ3v) is 4.80. The maximum absolute atomic E-state index is 13.0. The lowest BCUT2D eigenvalue weighted by atomic mass is 10.2. The number of urea groups is 1. The number of rotatable bonds is 3. The van der Waals surface area contributed by atoms with E-state index in [-0.39, 0.29) is 28.5 Å². The molecule has 144 valence electrons. The SMILES string of the molecule is O=C(Nc1cccc(SC(F)(F)F)c1)N1CCN(c2ccc(F)cc2)CC1. The molecule has 0 aliphatic carbocycles. The number of carbonyl (C=O) groups excluding carboxylic acids is 1. The number of halogens is 4. The molecule has 0 atom stereocenters. The van der Waals surface area contributed by atoms with E-state index in [4.69, 9.17) is 0 Å². The highest BCUT2D eigenvalue weighted by Gasteiger charge is 2.29. The summed E-state index contributed by atoms with van der Waals surface area (Å²) in [5.74, 6) is -0.303. The summed E-state index contributed by atoms with van der Waals surface area (Å²) in [7, 11) is 0. The predicted octanol–water partition coefficient (Wildman–Crippen LogP) is 4.79. The fourth-order valence-electron chi connectivity index (χ4n) is 2.79. The van der Waals surface area contributed by atoms with E-state index in [0.717, 1.165) is 5.69 Å². The number of hydrogen-bond donors (Lipinski definition) is 1. The van der Waals surface area contributed by atoms with Crippen LogP contribution >= 0.6 is 11.8 Å². The number of anilines is 2. The lowest BCUT2D eigenvalue weighted by molar-refractivity contribution is -0.0328. The van der Waals surface area contributed by atoms with Crippen LogP contribution in [-0.4, -0.2) is 42.6 Å². The monoisotopic (exact) mass is 399 g/mol. The molecule has 4 nitrogen and oxygen atoms in total. The molecule has 0 bridgehead atoms. The third-order valence-electron chi connectivity index (χ3n) is 4.08. The molecule has 1 saturated heterocycles. The van der Waals surface area contributed by atoms with E-state index < -0.39 is 5.51 Å². The largest absolute Gasteiger partial charge is 0.446 e. The van der Waals surface area contributed by atoms with E-state index >= 15 is 0 Å². The molecule has 0 saturated carbocycles. The van der Waals surface area contributed by atoms with Crippen molar-refractivity contribution in [1.29, 1.82) is 0 Å². The second-order valence-corrected chi connectivity index (χ2v) is 7.09. The van der Waals surface area contributed by atoms with Crippen LogP contribution in [0.2, 0.25) is 0 Å². The van der Waals surface area contributed by atoms with Crippen molar-refractivity contribution in [3.8, 4) is 0 Å². The van der Waals surface area contributed by atoms with E-state index in [1.54, 1.807) is 23.1 Å². The van der Waals surface area contributed by atoms with Gasteiger partial charge in [-0.05, 0) is 54.2 Å². The van der Waals surface area contributed by atoms with Crippen LogP contribution in [-0.2, 0) is 0 Å². The zero-order valence-electron chi connectivity index (χ0n) is 14.2. The first kappa shape index (κ1) is 19.3. The Kier molecular flexibility index (Phi) is 5.79. The fourth-order valence-corrected chi connectivity index (χ4v) is 3.39. The number of amides is 2. The number of piperazine rings is 1. The summed E-state index contributed by atoms with van der Waals surface area (Å²) in [5.41, 5.74) is -3.18. The minimum Gasteiger partial charge on any atom is -0.368 e. The van der Waals surface area contributed by atoms with Gasteiger partial charge in [-0.3, -0.25) is 0 Å². The van der Waals surface area contributed by atoms with Crippen LogP contribution in [0.3, 0.4) is 0 Å². The molecule has 0 aromatic heterocycles. The molecule has 1 fully saturated rings. The number of nitrogens with one attached hydrogen (secondary N) is 1. The molecule has 27 heavy (non-hydrogen) atoms. The average Bonchev–Trinajstić information content (AvgIpc) is 2.61. The minimum absolute atomic E-state index is 0.0152. The van der Waals surface area contributed by atoms with Crippen LogP contribution in [0, 0.1) is 5.82 Å². The van der Waals surface area contributed by atoms with Crippen molar-refractivity contribution in [3.05, 3.63) is 54.3 Å². The molecule has 1 aliphatic rings. The highest BCUT2D eigenvalue weighted by Crippen LogP contribution is 2.37. The summed E-state index contributed by atoms with van der Waals surface area (Å²) < 4.78 is 50.4. The maximum Gasteiger partial charge on any atom is 0.446 e. The number of hydrogen-bond acceptors (Lipinski definition) is 3. The topological polar surface area (TPSA) is 35.6 Å². The van der Waals surface area contributed by atoms with Crippen molar-refractivity contribution in [1.82, 2.24) is 4.90 Å². The zero-order valence-corrected chi connectivity index (χ0v) is 15.0. The van der Waals surface area contributed by atoms with Gasteiger partial charge in [0.25, 0.3) is 0 Å². The van der Waals surface area contributed by atoms with Gasteiger partial charge in [0.2, 0.25) is 0 Å². The molecule has 0 radical (unpaired) electrons. The van der Waals surface area contributed by atoms with Crippen molar-refractivity contribution >= 4 is 29.2 Å². The van der Waals surface area contributed by atoms with E-state index in [9.17, 15) is 22.4 Å². The van der Waals surface area contributed by atoms with Crippen LogP contribution in [0.15, 0.2) is 53.4 Å². The van der Waals surface area contributed by atoms with E-state index in [1.165, 1.54) is 30.3 Å². The van der Waals surface area contributed by atoms with Crippen LogP contribution in [0.4, 0.5) is 33.7 Å². The lowest BCUT2D eigenvalue weighted by Gasteiger charge is -2.36. The van der Waals surface area contributed by atoms with Gasteiger partial charge < -0.3 is 15.1 Å². The Morgan fingerprint density at radius 2 is 1.67 bits per heavy atom. The van der Waals surface area contributed by atoms with Crippen LogP contribution in [0.25, 0.3) is 0 Å². The first-order valence-electron chi connectivity index (χ1n) is 8.22. The van der Waals surface area contributed by atoms with Crippen molar-refractivity contribution < 1.29 is 22.4 Å². The zero-order chi connectivity index (χ0) is 19.4. The summed E-state index contributed by atoms with van der Waals surface area (Å²) in [4.78, 5) is 16.0. The Morgan fingerprint density at radius 3 is 2.30 bits per heavy atom. The number of thioether (sulfide) groups is 1.